The summed E-state index contributed by atoms with van der Waals surface area (Å²) in [5.41, 5.74) is -5.08. The lowest BCUT2D eigenvalue weighted by molar-refractivity contribution is -0.153. The lowest BCUT2D eigenvalue weighted by Crippen LogP contribution is -2.35. The lowest BCUT2D eigenvalue weighted by Gasteiger charge is -2.24. The van der Waals surface area contributed by atoms with Crippen molar-refractivity contribution in [1.29, 1.82) is 0 Å². The quantitative estimate of drug-likeness (QED) is 0.173. The summed E-state index contributed by atoms with van der Waals surface area (Å²) in [6.07, 6.45) is 0. The van der Waals surface area contributed by atoms with Gasteiger partial charge in [-0.3, -0.25) is 4.57 Å². The Morgan fingerprint density at radius 2 is 1.24 bits per heavy atom. The van der Waals surface area contributed by atoms with Gasteiger partial charge >= 0.3 is 19.2 Å². The van der Waals surface area contributed by atoms with E-state index < -0.39 is 67.3 Å². The third kappa shape index (κ3) is 3.80. The highest BCUT2D eigenvalue weighted by atomic mass is 31.2. The maximum Gasteiger partial charge on any atom is 0.441 e. The second-order valence-electron chi connectivity index (χ2n) is 4.16. The molecule has 5 nitrogen and oxygen atoms in total. The van der Waals surface area contributed by atoms with Crippen molar-refractivity contribution in [2.24, 2.45) is 0 Å². The van der Waals surface area contributed by atoms with Crippen molar-refractivity contribution in [2.75, 3.05) is 13.2 Å². The van der Waals surface area contributed by atoms with Crippen LogP contribution in [0, 0.1) is 29.1 Å². The molecule has 0 saturated heterocycles. The molecule has 0 fully saturated rings. The van der Waals surface area contributed by atoms with E-state index in [2.05, 4.69) is 13.8 Å². The van der Waals surface area contributed by atoms with E-state index >= 15 is 0 Å². The molecule has 0 atom stereocenters. The topological polar surface area (TPSA) is 61.8 Å². The van der Waals surface area contributed by atoms with E-state index in [0.717, 1.165) is 13.8 Å². The fourth-order valence-electron chi connectivity index (χ4n) is 1.48. The number of hydrogen-bond donors (Lipinski definition) is 0. The van der Waals surface area contributed by atoms with Crippen LogP contribution in [-0.4, -0.2) is 24.8 Å². The zero-order valence-electron chi connectivity index (χ0n) is 12.5. The maximum atomic E-state index is 14.0. The number of hydrogen-bond acceptors (Lipinski definition) is 5. The van der Waals surface area contributed by atoms with Crippen LogP contribution in [0.3, 0.4) is 0 Å². The minimum atomic E-state index is -5.49. The molecule has 0 amide bonds. The van der Waals surface area contributed by atoms with Crippen LogP contribution in [0.5, 0.6) is 5.75 Å². The minimum absolute atomic E-state index is 0.608. The molecule has 0 aliphatic heterocycles. The van der Waals surface area contributed by atoms with Gasteiger partial charge in [0.1, 0.15) is 0 Å². The van der Waals surface area contributed by atoms with Gasteiger partial charge in [-0.15, -0.1) is 0 Å². The van der Waals surface area contributed by atoms with Gasteiger partial charge in [-0.2, -0.15) is 17.6 Å². The molecular formula is C12H10F7O5P. The van der Waals surface area contributed by atoms with Crippen LogP contribution in [-0.2, 0) is 18.4 Å². The molecule has 0 saturated carbocycles. The number of carbonyl (C=O) groups excluding carboxylic acids is 1. The average molecular weight is 398 g/mol. The Morgan fingerprint density at radius 1 is 0.880 bits per heavy atom. The third-order valence-corrected chi connectivity index (χ3v) is 4.62. The van der Waals surface area contributed by atoms with Gasteiger partial charge in [-0.1, -0.05) is 0 Å². The number of halogens is 7. The van der Waals surface area contributed by atoms with E-state index in [1.807, 2.05) is 0 Å². The Kier molecular flexibility index (Phi) is 6.60. The molecule has 25 heavy (non-hydrogen) atoms. The molecule has 1 rings (SSSR count). The summed E-state index contributed by atoms with van der Waals surface area (Å²) in [6.45, 7) is 1.03. The summed E-state index contributed by atoms with van der Waals surface area (Å²) >= 11 is 0. The molecule has 1 aromatic rings. The first-order valence-corrected chi connectivity index (χ1v) is 7.99. The van der Waals surface area contributed by atoms with Gasteiger partial charge in [0.25, 0.3) is 0 Å². The Labute approximate surface area is 136 Å². The summed E-state index contributed by atoms with van der Waals surface area (Å²) in [7, 11) is -5.49. The van der Waals surface area contributed by atoms with Gasteiger partial charge in [0.2, 0.25) is 34.8 Å². The van der Waals surface area contributed by atoms with Crippen LogP contribution in [0.2, 0.25) is 0 Å². The van der Waals surface area contributed by atoms with Gasteiger partial charge in [-0.05, 0) is 13.8 Å². The molecule has 0 aliphatic carbocycles. The highest BCUT2D eigenvalue weighted by Crippen LogP contribution is 2.62. The molecule has 13 heteroatoms. The molecule has 0 unspecified atom stereocenters. The fraction of sp³-hybridized carbons (Fsp3) is 0.417. The highest BCUT2D eigenvalue weighted by molar-refractivity contribution is 7.56. The van der Waals surface area contributed by atoms with E-state index in [-0.39, 0.29) is 0 Å². The van der Waals surface area contributed by atoms with Crippen LogP contribution in [0.25, 0.3) is 0 Å². The molecular weight excluding hydrogens is 388 g/mol. The largest absolute Gasteiger partial charge is 0.441 e. The monoisotopic (exact) mass is 398 g/mol. The summed E-state index contributed by atoms with van der Waals surface area (Å²) in [5.74, 6) is -18.1. The lowest BCUT2D eigenvalue weighted by atomic mass is 10.2. The molecule has 0 spiro atoms. The zero-order valence-corrected chi connectivity index (χ0v) is 13.4. The Bertz CT molecular complexity index is 685. The first-order chi connectivity index (χ1) is 11.4. The van der Waals surface area contributed by atoms with Crippen LogP contribution < -0.4 is 4.74 Å². The van der Waals surface area contributed by atoms with E-state index in [0.29, 0.717) is 0 Å². The van der Waals surface area contributed by atoms with Gasteiger partial charge in [0.15, 0.2) is 0 Å². The summed E-state index contributed by atoms with van der Waals surface area (Å²) in [6, 6.07) is 0. The van der Waals surface area contributed by atoms with E-state index in [1.165, 1.54) is 0 Å². The SMILES string of the molecule is CCOP(=O)(OCC)C(F)(F)C(=O)Oc1c(F)c(F)c(F)c(F)c1F. The number of ether oxygens (including phenoxy) is 1. The number of carbonyl (C=O) groups is 1. The number of alkyl halides is 2. The van der Waals surface area contributed by atoms with Crippen molar-refractivity contribution in [2.45, 2.75) is 19.5 Å². The van der Waals surface area contributed by atoms with Gasteiger partial charge in [0.05, 0.1) is 13.2 Å². The van der Waals surface area contributed by atoms with Crippen molar-refractivity contribution in [3.63, 3.8) is 0 Å². The average Bonchev–Trinajstić information content (AvgIpc) is 2.55. The number of esters is 1. The van der Waals surface area contributed by atoms with Gasteiger partial charge in [0, 0.05) is 0 Å². The van der Waals surface area contributed by atoms with Gasteiger partial charge < -0.3 is 13.8 Å². The van der Waals surface area contributed by atoms with Crippen LogP contribution >= 0.6 is 7.60 Å². The standard InChI is InChI=1S/C12H10F7O5P/c1-3-22-25(21,23-4-2)12(18,19)11(20)24-10-8(16)6(14)5(13)7(15)9(10)17/h3-4H2,1-2H3. The molecule has 0 heterocycles. The first kappa shape index (κ1) is 21.4. The molecule has 0 bridgehead atoms. The zero-order chi connectivity index (χ0) is 19.6. The summed E-state index contributed by atoms with van der Waals surface area (Å²) < 4.78 is 117. The molecule has 0 radical (unpaired) electrons. The van der Waals surface area contributed by atoms with Crippen LogP contribution in [0.1, 0.15) is 13.8 Å². The number of benzene rings is 1. The Hall–Kier alpha value is -1.65. The second kappa shape index (κ2) is 7.71. The fourth-order valence-corrected chi connectivity index (χ4v) is 2.83. The van der Waals surface area contributed by atoms with Crippen molar-refractivity contribution < 1.29 is 53.9 Å². The van der Waals surface area contributed by atoms with Crippen molar-refractivity contribution >= 4 is 13.6 Å². The Balaban J connectivity index is 3.32. The van der Waals surface area contributed by atoms with Crippen LogP contribution in [0.15, 0.2) is 0 Å². The van der Waals surface area contributed by atoms with Crippen molar-refractivity contribution in [1.82, 2.24) is 0 Å². The maximum absolute atomic E-state index is 14.0. The Morgan fingerprint density at radius 3 is 1.60 bits per heavy atom. The predicted octanol–water partition coefficient (Wildman–Crippen LogP) is 4.15. The van der Waals surface area contributed by atoms with E-state index in [1.54, 1.807) is 0 Å². The first-order valence-electron chi connectivity index (χ1n) is 6.45. The molecule has 142 valence electrons. The predicted molar refractivity (Wildman–Crippen MR) is 67.7 cm³/mol. The molecule has 0 N–H and O–H groups in total. The smallest absolute Gasteiger partial charge is 0.415 e. The molecule has 0 aliphatic rings. The van der Waals surface area contributed by atoms with Crippen molar-refractivity contribution in [3.8, 4) is 5.75 Å². The van der Waals surface area contributed by atoms with Crippen LogP contribution in [0.4, 0.5) is 30.7 Å². The molecule has 1 aromatic carbocycles. The number of rotatable bonds is 7. The second-order valence-corrected chi connectivity index (χ2v) is 6.24. The minimum Gasteiger partial charge on any atom is -0.415 e. The highest BCUT2D eigenvalue weighted by Gasteiger charge is 2.61. The molecule has 0 aromatic heterocycles. The third-order valence-electron chi connectivity index (χ3n) is 2.55. The van der Waals surface area contributed by atoms with Crippen molar-refractivity contribution in [3.05, 3.63) is 29.1 Å². The summed E-state index contributed by atoms with van der Waals surface area (Å²) in [4.78, 5) is 11.5. The summed E-state index contributed by atoms with van der Waals surface area (Å²) in [5, 5.41) is 0. The normalized spacial score (nSPS) is 12.4. The van der Waals surface area contributed by atoms with Gasteiger partial charge in [-0.25, -0.2) is 18.0 Å². The van der Waals surface area contributed by atoms with E-state index in [4.69, 9.17) is 0 Å². The van der Waals surface area contributed by atoms with E-state index in [9.17, 15) is 40.1 Å².